The second kappa shape index (κ2) is 11.2. The molecule has 1 saturated carbocycles. The van der Waals surface area contributed by atoms with Crippen LogP contribution in [0.25, 0.3) is 0 Å². The molecule has 0 aromatic heterocycles. The summed E-state index contributed by atoms with van der Waals surface area (Å²) in [6.45, 7) is 5.04. The summed E-state index contributed by atoms with van der Waals surface area (Å²) < 4.78 is 11.4. The third-order valence-corrected chi connectivity index (χ3v) is 9.25. The smallest absolute Gasteiger partial charge is 0.251 e. The van der Waals surface area contributed by atoms with E-state index in [1.807, 2.05) is 24.3 Å². The summed E-state index contributed by atoms with van der Waals surface area (Å²) in [4.78, 5) is 15.6. The van der Waals surface area contributed by atoms with Crippen LogP contribution in [-0.4, -0.2) is 49.3 Å². The summed E-state index contributed by atoms with van der Waals surface area (Å²) in [7, 11) is 0. The predicted octanol–water partition coefficient (Wildman–Crippen LogP) is 5.69. The second-order valence-electron chi connectivity index (χ2n) is 12.0. The molecule has 6 rings (SSSR count). The zero-order valence-electron chi connectivity index (χ0n) is 22.2. The van der Waals surface area contributed by atoms with Gasteiger partial charge in [0.15, 0.2) is 0 Å². The standard InChI is InChI=1S/C32H42N2O3/c35-31(25-9-12-29(13-10-25)37-22-30-5-4-18-36-30)33-28-11-8-26-19-24(6-7-27(26)20-28)21-34-17-16-32(23-34)14-2-1-3-15-32/h6-7,9-10,12-13,19,28,30H,1-5,8,11,14-18,20-23H2,(H,33,35)/t28-,30-/m0/s1. The van der Waals surface area contributed by atoms with Crippen molar-refractivity contribution >= 4 is 5.91 Å². The van der Waals surface area contributed by atoms with E-state index in [0.29, 0.717) is 17.6 Å². The van der Waals surface area contributed by atoms with Crippen molar-refractivity contribution in [3.63, 3.8) is 0 Å². The van der Waals surface area contributed by atoms with Gasteiger partial charge in [0, 0.05) is 31.3 Å². The SMILES string of the molecule is O=C(N[C@H]1CCc2cc(CN3CCC4(CCCCC4)C3)ccc2C1)c1ccc(OC[C@@H]2CCCO2)cc1. The molecule has 5 heteroatoms. The number of benzene rings is 2. The van der Waals surface area contributed by atoms with Gasteiger partial charge >= 0.3 is 0 Å². The third kappa shape index (κ3) is 6.04. The molecule has 5 nitrogen and oxygen atoms in total. The minimum Gasteiger partial charge on any atom is -0.491 e. The van der Waals surface area contributed by atoms with E-state index in [-0.39, 0.29) is 18.1 Å². The lowest BCUT2D eigenvalue weighted by molar-refractivity contribution is 0.0679. The number of fused-ring (bicyclic) bond motifs is 1. The summed E-state index contributed by atoms with van der Waals surface area (Å²) in [6.07, 6.45) is 13.9. The molecule has 37 heavy (non-hydrogen) atoms. The van der Waals surface area contributed by atoms with E-state index >= 15 is 0 Å². The molecule has 2 aliphatic carbocycles. The van der Waals surface area contributed by atoms with Crippen LogP contribution in [0.3, 0.4) is 0 Å². The molecule has 198 valence electrons. The first-order valence-electron chi connectivity index (χ1n) is 14.6. The summed E-state index contributed by atoms with van der Waals surface area (Å²) in [6, 6.07) is 14.8. The first-order valence-corrected chi connectivity index (χ1v) is 14.6. The zero-order valence-corrected chi connectivity index (χ0v) is 22.2. The van der Waals surface area contributed by atoms with Crippen LogP contribution in [0.1, 0.15) is 84.8 Å². The van der Waals surface area contributed by atoms with Gasteiger partial charge in [-0.15, -0.1) is 0 Å². The Hall–Kier alpha value is -2.37. The number of carbonyl (C=O) groups excluding carboxylic acids is 1. The maximum absolute atomic E-state index is 12.9. The molecule has 4 aliphatic rings. The minimum absolute atomic E-state index is 0.00132. The Balaban J connectivity index is 0.991. The van der Waals surface area contributed by atoms with Gasteiger partial charge in [-0.3, -0.25) is 9.69 Å². The van der Waals surface area contributed by atoms with Crippen molar-refractivity contribution in [1.82, 2.24) is 10.2 Å². The van der Waals surface area contributed by atoms with Crippen molar-refractivity contribution in [3.8, 4) is 5.75 Å². The molecular weight excluding hydrogens is 460 g/mol. The number of hydrogen-bond donors (Lipinski definition) is 1. The highest BCUT2D eigenvalue weighted by Crippen LogP contribution is 2.44. The largest absolute Gasteiger partial charge is 0.491 e. The van der Waals surface area contributed by atoms with Crippen LogP contribution in [0.15, 0.2) is 42.5 Å². The molecule has 2 saturated heterocycles. The number of rotatable bonds is 7. The third-order valence-electron chi connectivity index (χ3n) is 9.25. The molecule has 2 heterocycles. The number of nitrogens with one attached hydrogen (secondary N) is 1. The lowest BCUT2D eigenvalue weighted by Gasteiger charge is -2.33. The normalized spacial score (nSPS) is 25.2. The quantitative estimate of drug-likeness (QED) is 0.529. The Morgan fingerprint density at radius 2 is 1.86 bits per heavy atom. The Bertz CT molecular complexity index is 1070. The molecule has 2 aliphatic heterocycles. The van der Waals surface area contributed by atoms with Crippen molar-refractivity contribution in [3.05, 3.63) is 64.7 Å². The van der Waals surface area contributed by atoms with Gasteiger partial charge in [-0.05, 0) is 104 Å². The fourth-order valence-corrected chi connectivity index (χ4v) is 7.10. The predicted molar refractivity (Wildman–Crippen MR) is 146 cm³/mol. The van der Waals surface area contributed by atoms with Gasteiger partial charge in [-0.25, -0.2) is 0 Å². The van der Waals surface area contributed by atoms with Gasteiger partial charge in [0.25, 0.3) is 5.91 Å². The monoisotopic (exact) mass is 502 g/mol. The number of likely N-dealkylation sites (tertiary alicyclic amines) is 1. The van der Waals surface area contributed by atoms with Gasteiger partial charge < -0.3 is 14.8 Å². The maximum atomic E-state index is 12.9. The highest BCUT2D eigenvalue weighted by molar-refractivity contribution is 5.94. The first kappa shape index (κ1) is 24.9. The number of ether oxygens (including phenoxy) is 2. The van der Waals surface area contributed by atoms with Crippen molar-refractivity contribution in [2.75, 3.05) is 26.3 Å². The summed E-state index contributed by atoms with van der Waals surface area (Å²) in [5.74, 6) is 0.790. The van der Waals surface area contributed by atoms with Crippen LogP contribution in [-0.2, 0) is 24.1 Å². The van der Waals surface area contributed by atoms with Gasteiger partial charge in [-0.1, -0.05) is 37.5 Å². The fraction of sp³-hybridized carbons (Fsp3) is 0.594. The van der Waals surface area contributed by atoms with Gasteiger partial charge in [0.05, 0.1) is 6.10 Å². The van der Waals surface area contributed by atoms with E-state index in [4.69, 9.17) is 9.47 Å². The van der Waals surface area contributed by atoms with Gasteiger partial charge in [0.1, 0.15) is 12.4 Å². The van der Waals surface area contributed by atoms with E-state index in [1.54, 1.807) is 0 Å². The van der Waals surface area contributed by atoms with E-state index in [9.17, 15) is 4.79 Å². The molecule has 0 radical (unpaired) electrons. The molecule has 2 aromatic rings. The zero-order chi connectivity index (χ0) is 25.1. The molecule has 3 fully saturated rings. The molecule has 1 N–H and O–H groups in total. The maximum Gasteiger partial charge on any atom is 0.251 e. The molecule has 1 amide bonds. The van der Waals surface area contributed by atoms with Crippen LogP contribution < -0.4 is 10.1 Å². The molecule has 0 bridgehead atoms. The molecule has 1 spiro atoms. The molecule has 2 atom stereocenters. The van der Waals surface area contributed by atoms with Crippen LogP contribution in [0.4, 0.5) is 0 Å². The highest BCUT2D eigenvalue weighted by atomic mass is 16.5. The first-order chi connectivity index (χ1) is 18.1. The number of nitrogens with zero attached hydrogens (tertiary/aromatic N) is 1. The van der Waals surface area contributed by atoms with Crippen molar-refractivity contribution in [1.29, 1.82) is 0 Å². The van der Waals surface area contributed by atoms with Crippen molar-refractivity contribution < 1.29 is 14.3 Å². The second-order valence-corrected chi connectivity index (χ2v) is 12.0. The number of amides is 1. The summed E-state index contributed by atoms with van der Waals surface area (Å²) >= 11 is 0. The summed E-state index contributed by atoms with van der Waals surface area (Å²) in [5.41, 5.74) is 5.63. The van der Waals surface area contributed by atoms with Crippen LogP contribution >= 0.6 is 0 Å². The van der Waals surface area contributed by atoms with Crippen LogP contribution in [0, 0.1) is 5.41 Å². The van der Waals surface area contributed by atoms with Crippen molar-refractivity contribution in [2.45, 2.75) is 89.3 Å². The number of hydrogen-bond acceptors (Lipinski definition) is 4. The minimum atomic E-state index is 0.00132. The van der Waals surface area contributed by atoms with E-state index in [1.165, 1.54) is 68.3 Å². The lowest BCUT2D eigenvalue weighted by atomic mass is 9.73. The van der Waals surface area contributed by atoms with Crippen LogP contribution in [0.2, 0.25) is 0 Å². The average Bonchev–Trinajstić information content (AvgIpc) is 3.58. The molecule has 2 aromatic carbocycles. The lowest BCUT2D eigenvalue weighted by Crippen LogP contribution is -2.38. The number of carbonyl (C=O) groups is 1. The average molecular weight is 503 g/mol. The topological polar surface area (TPSA) is 50.8 Å². The fourth-order valence-electron chi connectivity index (χ4n) is 7.10. The van der Waals surface area contributed by atoms with Gasteiger partial charge in [0.2, 0.25) is 0 Å². The Kier molecular flexibility index (Phi) is 7.53. The highest BCUT2D eigenvalue weighted by Gasteiger charge is 2.38. The molecular formula is C32H42N2O3. The Labute approximate surface area is 221 Å². The number of aryl methyl sites for hydroxylation is 1. The van der Waals surface area contributed by atoms with Crippen molar-refractivity contribution in [2.24, 2.45) is 5.41 Å². The Morgan fingerprint density at radius 1 is 1.00 bits per heavy atom. The van der Waals surface area contributed by atoms with Crippen LogP contribution in [0.5, 0.6) is 5.75 Å². The van der Waals surface area contributed by atoms with Gasteiger partial charge in [-0.2, -0.15) is 0 Å². The molecule has 0 unspecified atom stereocenters. The van der Waals surface area contributed by atoms with E-state index in [2.05, 4.69) is 28.4 Å². The van der Waals surface area contributed by atoms with E-state index < -0.39 is 0 Å². The summed E-state index contributed by atoms with van der Waals surface area (Å²) in [5, 5.41) is 3.27. The Morgan fingerprint density at radius 3 is 2.68 bits per heavy atom. The van der Waals surface area contributed by atoms with E-state index in [0.717, 1.165) is 51.0 Å².